The second-order valence-corrected chi connectivity index (χ2v) is 6.63. The molecule has 2 aromatic heterocycles. The molecule has 0 bridgehead atoms. The number of hydrogen-bond acceptors (Lipinski definition) is 8. The zero-order chi connectivity index (χ0) is 16.2. The third-order valence-corrected chi connectivity index (χ3v) is 4.66. The lowest BCUT2D eigenvalue weighted by Gasteiger charge is -2.29. The van der Waals surface area contributed by atoms with Crippen molar-refractivity contribution in [2.24, 2.45) is 5.92 Å². The molecule has 0 amide bonds. The summed E-state index contributed by atoms with van der Waals surface area (Å²) in [6.45, 7) is 6.49. The van der Waals surface area contributed by atoms with E-state index >= 15 is 0 Å². The van der Waals surface area contributed by atoms with Crippen molar-refractivity contribution in [2.45, 2.75) is 33.2 Å². The van der Waals surface area contributed by atoms with Crippen LogP contribution in [0.4, 0.5) is 0 Å². The average molecular weight is 336 g/mol. The molecule has 0 saturated carbocycles. The van der Waals surface area contributed by atoms with Gasteiger partial charge in [0.1, 0.15) is 5.69 Å². The van der Waals surface area contributed by atoms with Crippen LogP contribution < -0.4 is 0 Å². The summed E-state index contributed by atoms with van der Waals surface area (Å²) in [4.78, 5) is 22.7. The molecule has 3 heterocycles. The number of aromatic nitrogens is 3. The Morgan fingerprint density at radius 2 is 2.22 bits per heavy atom. The highest BCUT2D eigenvalue weighted by atomic mass is 32.1. The summed E-state index contributed by atoms with van der Waals surface area (Å²) in [5.74, 6) is 1.06. The summed E-state index contributed by atoms with van der Waals surface area (Å²) < 4.78 is 10.4. The Labute approximate surface area is 138 Å². The van der Waals surface area contributed by atoms with E-state index in [-0.39, 0.29) is 11.9 Å². The molecule has 0 aromatic carbocycles. The maximum atomic E-state index is 11.7. The Hall–Kier alpha value is -1.80. The Morgan fingerprint density at radius 3 is 2.87 bits per heavy atom. The van der Waals surface area contributed by atoms with Gasteiger partial charge in [0.2, 0.25) is 11.7 Å². The molecule has 7 nitrogen and oxygen atoms in total. The minimum absolute atomic E-state index is 0.0161. The zero-order valence-corrected chi connectivity index (χ0v) is 14.1. The number of carbonyl (C=O) groups excluding carboxylic acids is 1. The highest BCUT2D eigenvalue weighted by Crippen LogP contribution is 2.22. The van der Waals surface area contributed by atoms with E-state index in [1.165, 1.54) is 0 Å². The third kappa shape index (κ3) is 3.94. The monoisotopic (exact) mass is 336 g/mol. The van der Waals surface area contributed by atoms with Crippen molar-refractivity contribution in [2.75, 3.05) is 19.7 Å². The predicted octanol–water partition coefficient (Wildman–Crippen LogP) is 2.28. The molecule has 1 aliphatic heterocycles. The molecular weight excluding hydrogens is 316 g/mol. The van der Waals surface area contributed by atoms with Crippen molar-refractivity contribution in [1.29, 1.82) is 0 Å². The van der Waals surface area contributed by atoms with Crippen LogP contribution in [0.15, 0.2) is 9.90 Å². The number of rotatable bonds is 5. The zero-order valence-electron chi connectivity index (χ0n) is 13.3. The van der Waals surface area contributed by atoms with Gasteiger partial charge < -0.3 is 9.26 Å². The van der Waals surface area contributed by atoms with Crippen LogP contribution in [0.2, 0.25) is 0 Å². The highest BCUT2D eigenvalue weighted by molar-refractivity contribution is 7.09. The Kier molecular flexibility index (Phi) is 5.02. The van der Waals surface area contributed by atoms with Gasteiger partial charge in [0, 0.05) is 5.38 Å². The smallest absolute Gasteiger partial charge is 0.309 e. The lowest BCUT2D eigenvalue weighted by atomic mass is 9.97. The van der Waals surface area contributed by atoms with Gasteiger partial charge in [-0.15, -0.1) is 11.3 Å². The molecule has 1 fully saturated rings. The van der Waals surface area contributed by atoms with Crippen LogP contribution in [0, 0.1) is 12.8 Å². The van der Waals surface area contributed by atoms with Gasteiger partial charge in [-0.2, -0.15) is 4.98 Å². The molecule has 0 N–H and O–H groups in total. The molecule has 0 atom stereocenters. The van der Waals surface area contributed by atoms with E-state index in [1.807, 2.05) is 19.2 Å². The number of ether oxygens (including phenoxy) is 1. The summed E-state index contributed by atoms with van der Waals surface area (Å²) in [5, 5.41) is 6.89. The van der Waals surface area contributed by atoms with E-state index in [0.717, 1.165) is 36.6 Å². The maximum Gasteiger partial charge on any atom is 0.309 e. The summed E-state index contributed by atoms with van der Waals surface area (Å²) in [7, 11) is 0. The van der Waals surface area contributed by atoms with Crippen LogP contribution in [-0.4, -0.2) is 45.7 Å². The van der Waals surface area contributed by atoms with Crippen LogP contribution in [0.5, 0.6) is 0 Å². The summed E-state index contributed by atoms with van der Waals surface area (Å²) in [5.41, 5.74) is 0.753. The molecule has 0 aliphatic carbocycles. The van der Waals surface area contributed by atoms with Gasteiger partial charge in [0.25, 0.3) is 0 Å². The van der Waals surface area contributed by atoms with Crippen molar-refractivity contribution >= 4 is 17.3 Å². The van der Waals surface area contributed by atoms with Gasteiger partial charge in [-0.25, -0.2) is 4.98 Å². The molecule has 0 spiro atoms. The van der Waals surface area contributed by atoms with Gasteiger partial charge in [0.15, 0.2) is 0 Å². The molecule has 8 heteroatoms. The van der Waals surface area contributed by atoms with Gasteiger partial charge in [-0.1, -0.05) is 5.16 Å². The number of hydrogen-bond donors (Lipinski definition) is 0. The van der Waals surface area contributed by atoms with Crippen molar-refractivity contribution < 1.29 is 14.1 Å². The lowest BCUT2D eigenvalue weighted by Crippen LogP contribution is -2.36. The molecular formula is C15H20N4O3S. The second kappa shape index (κ2) is 7.18. The Bertz CT molecular complexity index is 661. The molecule has 23 heavy (non-hydrogen) atoms. The summed E-state index contributed by atoms with van der Waals surface area (Å²) in [6.07, 6.45) is 1.62. The van der Waals surface area contributed by atoms with Crippen molar-refractivity contribution in [1.82, 2.24) is 20.0 Å². The SMILES string of the molecule is CCOC(=O)C1CCN(Cc2nc(-c3csc(C)n3)no2)CC1. The minimum atomic E-state index is -0.0777. The summed E-state index contributed by atoms with van der Waals surface area (Å²) in [6, 6.07) is 0. The first-order valence-electron chi connectivity index (χ1n) is 7.79. The lowest BCUT2D eigenvalue weighted by molar-refractivity contribution is -0.149. The number of nitrogens with zero attached hydrogens (tertiary/aromatic N) is 4. The normalized spacial score (nSPS) is 16.6. The number of carbonyl (C=O) groups is 1. The second-order valence-electron chi connectivity index (χ2n) is 5.57. The number of esters is 1. The molecule has 0 radical (unpaired) electrons. The Morgan fingerprint density at radius 1 is 1.43 bits per heavy atom. The van der Waals surface area contributed by atoms with Crippen LogP contribution in [0.3, 0.4) is 0 Å². The third-order valence-electron chi connectivity index (χ3n) is 3.88. The first-order valence-corrected chi connectivity index (χ1v) is 8.67. The molecule has 124 valence electrons. The topological polar surface area (TPSA) is 81.4 Å². The maximum absolute atomic E-state index is 11.7. The fraction of sp³-hybridized carbons (Fsp3) is 0.600. The fourth-order valence-electron chi connectivity index (χ4n) is 2.67. The fourth-order valence-corrected chi connectivity index (χ4v) is 3.26. The molecule has 1 saturated heterocycles. The number of thiazole rings is 1. The minimum Gasteiger partial charge on any atom is -0.466 e. The molecule has 1 aliphatic rings. The van der Waals surface area contributed by atoms with Gasteiger partial charge in [-0.05, 0) is 39.8 Å². The largest absolute Gasteiger partial charge is 0.466 e. The van der Waals surface area contributed by atoms with E-state index in [2.05, 4.69) is 20.0 Å². The Balaban J connectivity index is 1.53. The van der Waals surface area contributed by atoms with Crippen molar-refractivity contribution in [3.8, 4) is 11.5 Å². The van der Waals surface area contributed by atoms with Crippen molar-refractivity contribution in [3.63, 3.8) is 0 Å². The van der Waals surface area contributed by atoms with Gasteiger partial charge in [-0.3, -0.25) is 9.69 Å². The molecule has 0 unspecified atom stereocenters. The van der Waals surface area contributed by atoms with Crippen LogP contribution in [-0.2, 0) is 16.1 Å². The van der Waals surface area contributed by atoms with Crippen LogP contribution in [0.25, 0.3) is 11.5 Å². The van der Waals surface area contributed by atoms with E-state index in [4.69, 9.17) is 9.26 Å². The van der Waals surface area contributed by atoms with E-state index in [1.54, 1.807) is 11.3 Å². The molecule has 3 rings (SSSR count). The van der Waals surface area contributed by atoms with Crippen LogP contribution >= 0.6 is 11.3 Å². The number of aryl methyl sites for hydroxylation is 1. The van der Waals surface area contributed by atoms with Crippen LogP contribution in [0.1, 0.15) is 30.7 Å². The van der Waals surface area contributed by atoms with E-state index in [0.29, 0.717) is 24.9 Å². The number of likely N-dealkylation sites (tertiary alicyclic amines) is 1. The summed E-state index contributed by atoms with van der Waals surface area (Å²) >= 11 is 1.56. The quantitative estimate of drug-likeness (QED) is 0.775. The number of piperidine rings is 1. The van der Waals surface area contributed by atoms with Gasteiger partial charge in [0.05, 0.1) is 24.1 Å². The van der Waals surface area contributed by atoms with E-state index in [9.17, 15) is 4.79 Å². The van der Waals surface area contributed by atoms with Crippen molar-refractivity contribution in [3.05, 3.63) is 16.3 Å². The average Bonchev–Trinajstić information content (AvgIpc) is 3.17. The standard InChI is InChI=1S/C15H20N4O3S/c1-3-21-15(20)11-4-6-19(7-5-11)8-13-17-14(18-22-13)12-9-23-10(2)16-12/h9,11H,3-8H2,1-2H3. The first-order chi connectivity index (χ1) is 11.2. The highest BCUT2D eigenvalue weighted by Gasteiger charge is 2.26. The molecule has 2 aromatic rings. The van der Waals surface area contributed by atoms with Gasteiger partial charge >= 0.3 is 5.97 Å². The predicted molar refractivity (Wildman–Crippen MR) is 84.8 cm³/mol. The van der Waals surface area contributed by atoms with E-state index < -0.39 is 0 Å². The first kappa shape index (κ1) is 16.1.